The van der Waals surface area contributed by atoms with E-state index in [0.29, 0.717) is 29.7 Å². The molecule has 3 heterocycles. The van der Waals surface area contributed by atoms with E-state index in [0.717, 1.165) is 93.1 Å². The molecule has 2 aromatic heterocycles. The van der Waals surface area contributed by atoms with Crippen molar-refractivity contribution >= 4 is 33.8 Å². The van der Waals surface area contributed by atoms with E-state index in [1.807, 2.05) is 18.2 Å². The van der Waals surface area contributed by atoms with Gasteiger partial charge in [0.2, 0.25) is 0 Å². The maximum Gasteiger partial charge on any atom is 0.164 e. The van der Waals surface area contributed by atoms with Gasteiger partial charge in [0.15, 0.2) is 17.5 Å². The van der Waals surface area contributed by atoms with Crippen LogP contribution in [0.3, 0.4) is 0 Å². The van der Waals surface area contributed by atoms with Gasteiger partial charge in [-0.2, -0.15) is 0 Å². The van der Waals surface area contributed by atoms with Crippen LogP contribution >= 0.6 is 0 Å². The van der Waals surface area contributed by atoms with E-state index in [4.69, 9.17) is 15.0 Å². The lowest BCUT2D eigenvalue weighted by atomic mass is 9.80. The van der Waals surface area contributed by atoms with Crippen molar-refractivity contribution in [2.45, 2.75) is 97.6 Å². The zero-order valence-corrected chi connectivity index (χ0v) is 36.4. The fourth-order valence-electron chi connectivity index (χ4n) is 10.4. The van der Waals surface area contributed by atoms with Crippen molar-refractivity contribution in [1.29, 1.82) is 0 Å². The van der Waals surface area contributed by atoms with E-state index >= 15 is 0 Å². The van der Waals surface area contributed by atoms with Gasteiger partial charge in [0.1, 0.15) is 0 Å². The lowest BCUT2D eigenvalue weighted by Crippen LogP contribution is -2.36. The highest BCUT2D eigenvalue weighted by atomic mass is 15.2. The van der Waals surface area contributed by atoms with Gasteiger partial charge in [0.05, 0.1) is 6.04 Å². The predicted octanol–water partition coefficient (Wildman–Crippen LogP) is 13.3. The first-order valence-electron chi connectivity index (χ1n) is 23.0. The van der Waals surface area contributed by atoms with Crippen molar-refractivity contribution in [3.8, 4) is 11.4 Å². The summed E-state index contributed by atoms with van der Waals surface area (Å²) < 4.78 is 2.60. The van der Waals surface area contributed by atoms with Gasteiger partial charge in [-0.15, -0.1) is 0 Å². The fourth-order valence-corrected chi connectivity index (χ4v) is 10.4. The number of hydrogen-bond acceptors (Lipinski definition) is 4. The first-order valence-corrected chi connectivity index (χ1v) is 23.0. The molecule has 5 aliphatic rings. The molecule has 0 saturated heterocycles. The van der Waals surface area contributed by atoms with Gasteiger partial charge < -0.3 is 9.47 Å². The molecular weight excluding hydrogens is 743 g/mol. The Balaban J connectivity index is 0.861. The summed E-state index contributed by atoms with van der Waals surface area (Å²) in [5.41, 5.74) is 14.9. The lowest BCUT2D eigenvalue weighted by Gasteiger charge is -2.32. The summed E-state index contributed by atoms with van der Waals surface area (Å²) in [7, 11) is 0. The largest absolute Gasteiger partial charge is 0.364 e. The Labute approximate surface area is 362 Å². The molecule has 3 unspecified atom stereocenters. The van der Waals surface area contributed by atoms with E-state index in [-0.39, 0.29) is 0 Å². The van der Waals surface area contributed by atoms with E-state index in [1.54, 1.807) is 0 Å². The van der Waals surface area contributed by atoms with Crippen LogP contribution in [0.5, 0.6) is 0 Å². The lowest BCUT2D eigenvalue weighted by molar-refractivity contribution is 0.530. The van der Waals surface area contributed by atoms with E-state index in [9.17, 15) is 0 Å². The minimum absolute atomic E-state index is 0.379. The second-order valence-corrected chi connectivity index (χ2v) is 18.7. The molecule has 5 nitrogen and oxygen atoms in total. The van der Waals surface area contributed by atoms with Crippen LogP contribution in [0.1, 0.15) is 106 Å². The maximum atomic E-state index is 5.02. The van der Waals surface area contributed by atoms with E-state index in [2.05, 4.69) is 153 Å². The van der Waals surface area contributed by atoms with Gasteiger partial charge in [-0.3, -0.25) is 0 Å². The molecule has 0 amide bonds. The molecule has 0 spiro atoms. The number of benzene rings is 3. The van der Waals surface area contributed by atoms with Crippen molar-refractivity contribution in [3.63, 3.8) is 0 Å². The normalized spacial score (nSPS) is 20.4. The number of aromatic nitrogens is 4. The quantitative estimate of drug-likeness (QED) is 0.126. The fraction of sp³-hybridized carbons (Fsp3) is 0.339. The van der Waals surface area contributed by atoms with Crippen LogP contribution in [0.25, 0.3) is 39.5 Å². The summed E-state index contributed by atoms with van der Waals surface area (Å²) in [6.45, 7) is 11.5. The standard InChI is InChI=1S/C56H59N5/c1-37(2)35-60-50-21-12-11-20-46(50)48-33-44(27-30-52(48)60)45-28-31-53-49(34-45)47-32-40(24-29-51(47)61(53)36-38(3)4)15-13-14-39-22-25-43(26-23-39)56-58-54(41-16-7-5-8-17-41)57-55(59-56)42-18-9-6-10-19-42/h5,7-9,11-12,16-22,24-25,27-33,37-38,45,48,52H,6,10,13-15,23,26,34-36H2,1-4H3. The number of hydrogen-bond donors (Lipinski definition) is 0. The summed E-state index contributed by atoms with van der Waals surface area (Å²) in [6.07, 6.45) is 32.2. The Morgan fingerprint density at radius 2 is 1.56 bits per heavy atom. The van der Waals surface area contributed by atoms with Crippen LogP contribution in [0.4, 0.5) is 5.69 Å². The first kappa shape index (κ1) is 39.3. The number of aryl methyl sites for hydroxylation is 1. The summed E-state index contributed by atoms with van der Waals surface area (Å²) >= 11 is 0. The molecule has 0 bridgehead atoms. The Morgan fingerprint density at radius 1 is 0.738 bits per heavy atom. The third-order valence-electron chi connectivity index (χ3n) is 13.3. The summed E-state index contributed by atoms with van der Waals surface area (Å²) in [4.78, 5) is 17.6. The molecule has 10 rings (SSSR count). The Morgan fingerprint density at radius 3 is 2.36 bits per heavy atom. The van der Waals surface area contributed by atoms with Crippen molar-refractivity contribution in [2.24, 2.45) is 17.8 Å². The number of rotatable bonds is 12. The SMILES string of the molecule is CC(C)CN1c2ccccc2C2C=C(C3C=Cc4c(c5cc(CCCC6=CC=C(c7nc(C8=CCCC=C8)nc(-c8ccccc8)n7)CC6)ccc5n4CC(C)C)C3)C=CC21. The molecule has 1 aliphatic heterocycles. The number of fused-ring (bicyclic) bond motifs is 6. The predicted molar refractivity (Wildman–Crippen MR) is 255 cm³/mol. The molecule has 3 atom stereocenters. The van der Waals surface area contributed by atoms with Crippen molar-refractivity contribution in [2.75, 3.05) is 11.4 Å². The average molecular weight is 802 g/mol. The molecule has 0 fully saturated rings. The topological polar surface area (TPSA) is 46.8 Å². The van der Waals surface area contributed by atoms with Crippen LogP contribution in [0.15, 0.2) is 139 Å². The molecule has 0 radical (unpaired) electrons. The van der Waals surface area contributed by atoms with Crippen LogP contribution in [-0.2, 0) is 19.4 Å². The van der Waals surface area contributed by atoms with Crippen molar-refractivity contribution < 1.29 is 0 Å². The summed E-state index contributed by atoms with van der Waals surface area (Å²) in [5.74, 6) is 4.29. The molecular formula is C56H59N5. The van der Waals surface area contributed by atoms with E-state index in [1.165, 1.54) is 55.7 Å². The van der Waals surface area contributed by atoms with Gasteiger partial charge in [0.25, 0.3) is 0 Å². The third-order valence-corrected chi connectivity index (χ3v) is 13.3. The average Bonchev–Trinajstić information content (AvgIpc) is 3.77. The summed E-state index contributed by atoms with van der Waals surface area (Å²) in [6, 6.07) is 27.2. The van der Waals surface area contributed by atoms with Crippen LogP contribution in [0.2, 0.25) is 0 Å². The molecule has 3 aromatic carbocycles. The maximum absolute atomic E-state index is 5.02. The molecule has 0 saturated carbocycles. The number of para-hydroxylation sites is 1. The zero-order chi connectivity index (χ0) is 41.5. The highest BCUT2D eigenvalue weighted by Gasteiger charge is 2.38. The monoisotopic (exact) mass is 801 g/mol. The van der Waals surface area contributed by atoms with Crippen molar-refractivity contribution in [3.05, 3.63) is 173 Å². The zero-order valence-electron chi connectivity index (χ0n) is 36.4. The molecule has 308 valence electrons. The van der Waals surface area contributed by atoms with Gasteiger partial charge >= 0.3 is 0 Å². The third kappa shape index (κ3) is 7.96. The van der Waals surface area contributed by atoms with Gasteiger partial charge in [-0.25, -0.2) is 15.0 Å². The Bertz CT molecular complexity index is 2680. The van der Waals surface area contributed by atoms with Gasteiger partial charge in [0, 0.05) is 58.3 Å². The second-order valence-electron chi connectivity index (χ2n) is 18.7. The minimum atomic E-state index is 0.379. The number of anilines is 1. The molecule has 4 aliphatic carbocycles. The van der Waals surface area contributed by atoms with Crippen LogP contribution < -0.4 is 4.90 Å². The second kappa shape index (κ2) is 16.9. The minimum Gasteiger partial charge on any atom is -0.364 e. The molecule has 5 heteroatoms. The van der Waals surface area contributed by atoms with Crippen molar-refractivity contribution in [1.82, 2.24) is 19.5 Å². The Hall–Kier alpha value is -5.81. The molecule has 5 aromatic rings. The van der Waals surface area contributed by atoms with Crippen LogP contribution in [0, 0.1) is 17.8 Å². The van der Waals surface area contributed by atoms with Gasteiger partial charge in [-0.1, -0.05) is 143 Å². The Kier molecular flexibility index (Phi) is 10.9. The smallest absolute Gasteiger partial charge is 0.164 e. The molecule has 61 heavy (non-hydrogen) atoms. The van der Waals surface area contributed by atoms with Crippen LogP contribution in [-0.4, -0.2) is 32.1 Å². The highest BCUT2D eigenvalue weighted by Crippen LogP contribution is 2.47. The summed E-state index contributed by atoms with van der Waals surface area (Å²) in [5, 5.41) is 1.45. The van der Waals surface area contributed by atoms with E-state index < -0.39 is 0 Å². The number of allylic oxidation sites excluding steroid dienone is 11. The highest BCUT2D eigenvalue weighted by molar-refractivity contribution is 5.90. The molecule has 0 N–H and O–H groups in total. The first-order chi connectivity index (χ1) is 29.9. The van der Waals surface area contributed by atoms with Gasteiger partial charge in [-0.05, 0) is 115 Å². The number of nitrogens with zero attached hydrogens (tertiary/aromatic N) is 5.